The highest BCUT2D eigenvalue weighted by Gasteiger charge is 2.28. The zero-order chi connectivity index (χ0) is 19.2. The molecule has 2 saturated heterocycles. The molecule has 28 heavy (non-hydrogen) atoms. The summed E-state index contributed by atoms with van der Waals surface area (Å²) in [7, 11) is 0. The van der Waals surface area contributed by atoms with Gasteiger partial charge in [-0.25, -0.2) is 5.43 Å². The Morgan fingerprint density at radius 3 is 2.57 bits per heavy atom. The van der Waals surface area contributed by atoms with Crippen molar-refractivity contribution in [3.63, 3.8) is 0 Å². The van der Waals surface area contributed by atoms with E-state index in [0.717, 1.165) is 51.0 Å². The second-order valence-corrected chi connectivity index (χ2v) is 7.98. The second kappa shape index (κ2) is 9.83. The van der Waals surface area contributed by atoms with Crippen molar-refractivity contribution in [2.24, 2.45) is 5.92 Å². The van der Waals surface area contributed by atoms with Gasteiger partial charge in [-0.3, -0.25) is 10.3 Å². The smallest absolute Gasteiger partial charge is 0.0594 e. The molecule has 3 N–H and O–H groups in total. The Balaban J connectivity index is 1.39. The van der Waals surface area contributed by atoms with E-state index in [1.54, 1.807) is 0 Å². The molecule has 6 heteroatoms. The standard InChI is InChI=1S/C22H29ClN4O/c23-20-8-6-17(7-9-20)21(27-10-12-28-13-11-27)16-24-14-19-15-25-26-22(19)18-4-2-1-3-5-18/h1-9,19,21-22,24-26H,10-16H2. The number of nitrogens with one attached hydrogen (secondary N) is 3. The molecule has 2 aliphatic rings. The summed E-state index contributed by atoms with van der Waals surface area (Å²) in [6.07, 6.45) is 0. The van der Waals surface area contributed by atoms with Crippen LogP contribution in [0.15, 0.2) is 54.6 Å². The van der Waals surface area contributed by atoms with Gasteiger partial charge in [0.1, 0.15) is 0 Å². The molecule has 2 aromatic rings. The molecule has 0 radical (unpaired) electrons. The number of hydrogen-bond acceptors (Lipinski definition) is 5. The Morgan fingerprint density at radius 2 is 1.82 bits per heavy atom. The number of ether oxygens (including phenoxy) is 1. The summed E-state index contributed by atoms with van der Waals surface area (Å²) in [5, 5.41) is 4.53. The highest BCUT2D eigenvalue weighted by atomic mass is 35.5. The van der Waals surface area contributed by atoms with Crippen LogP contribution in [0.4, 0.5) is 0 Å². The molecular formula is C22H29ClN4O. The minimum Gasteiger partial charge on any atom is -0.379 e. The van der Waals surface area contributed by atoms with Crippen molar-refractivity contribution in [1.82, 2.24) is 21.1 Å². The maximum atomic E-state index is 6.10. The molecule has 2 heterocycles. The number of rotatable bonds is 7. The van der Waals surface area contributed by atoms with Gasteiger partial charge >= 0.3 is 0 Å². The predicted octanol–water partition coefficient (Wildman–Crippen LogP) is 2.77. The van der Waals surface area contributed by atoms with Crippen LogP contribution in [-0.4, -0.2) is 50.8 Å². The Morgan fingerprint density at radius 1 is 1.07 bits per heavy atom. The number of nitrogens with zero attached hydrogens (tertiary/aromatic N) is 1. The van der Waals surface area contributed by atoms with Gasteiger partial charge in [-0.15, -0.1) is 0 Å². The summed E-state index contributed by atoms with van der Waals surface area (Å²) in [6.45, 7) is 6.39. The van der Waals surface area contributed by atoms with Gasteiger partial charge in [0.05, 0.1) is 19.3 Å². The first kappa shape index (κ1) is 19.8. The first-order valence-corrected chi connectivity index (χ1v) is 10.5. The SMILES string of the molecule is Clc1ccc(C(CNCC2CNNC2c2ccccc2)N2CCOCC2)cc1. The van der Waals surface area contributed by atoms with Crippen LogP contribution in [0.5, 0.6) is 0 Å². The molecule has 0 saturated carbocycles. The number of morpholine rings is 1. The van der Waals surface area contributed by atoms with Crippen LogP contribution in [0, 0.1) is 5.92 Å². The number of hydrogen-bond donors (Lipinski definition) is 3. The quantitative estimate of drug-likeness (QED) is 0.667. The van der Waals surface area contributed by atoms with Gasteiger partial charge in [0, 0.05) is 49.7 Å². The maximum Gasteiger partial charge on any atom is 0.0594 e. The molecule has 0 aliphatic carbocycles. The molecule has 3 unspecified atom stereocenters. The first-order valence-electron chi connectivity index (χ1n) is 10.1. The van der Waals surface area contributed by atoms with Gasteiger partial charge in [0.2, 0.25) is 0 Å². The van der Waals surface area contributed by atoms with E-state index in [0.29, 0.717) is 18.0 Å². The van der Waals surface area contributed by atoms with Crippen molar-refractivity contribution in [3.05, 3.63) is 70.7 Å². The monoisotopic (exact) mass is 400 g/mol. The second-order valence-electron chi connectivity index (χ2n) is 7.55. The van der Waals surface area contributed by atoms with Crippen molar-refractivity contribution in [3.8, 4) is 0 Å². The topological polar surface area (TPSA) is 48.6 Å². The summed E-state index contributed by atoms with van der Waals surface area (Å²) < 4.78 is 5.55. The van der Waals surface area contributed by atoms with E-state index in [2.05, 4.69) is 63.5 Å². The third-order valence-electron chi connectivity index (χ3n) is 5.74. The van der Waals surface area contributed by atoms with Crippen LogP contribution in [0.3, 0.4) is 0 Å². The van der Waals surface area contributed by atoms with Crippen LogP contribution in [0.1, 0.15) is 23.2 Å². The molecule has 0 spiro atoms. The lowest BCUT2D eigenvalue weighted by Crippen LogP contribution is -2.43. The fraction of sp³-hybridized carbons (Fsp3) is 0.455. The molecule has 2 aliphatic heterocycles. The molecule has 0 aromatic heterocycles. The van der Waals surface area contributed by atoms with E-state index < -0.39 is 0 Å². The number of benzene rings is 2. The predicted molar refractivity (Wildman–Crippen MR) is 113 cm³/mol. The summed E-state index contributed by atoms with van der Waals surface area (Å²) in [5.41, 5.74) is 9.40. The third kappa shape index (κ3) is 4.92. The van der Waals surface area contributed by atoms with Crippen molar-refractivity contribution in [1.29, 1.82) is 0 Å². The largest absolute Gasteiger partial charge is 0.379 e. The van der Waals surface area contributed by atoms with E-state index in [1.165, 1.54) is 11.1 Å². The van der Waals surface area contributed by atoms with Crippen LogP contribution >= 0.6 is 11.6 Å². The normalized spacial score (nSPS) is 24.3. The van der Waals surface area contributed by atoms with E-state index in [1.807, 2.05) is 12.1 Å². The van der Waals surface area contributed by atoms with Gasteiger partial charge in [-0.1, -0.05) is 54.1 Å². The van der Waals surface area contributed by atoms with Crippen molar-refractivity contribution in [2.45, 2.75) is 12.1 Å². The minimum absolute atomic E-state index is 0.332. The van der Waals surface area contributed by atoms with Crippen molar-refractivity contribution >= 4 is 11.6 Å². The summed E-state index contributed by atoms with van der Waals surface area (Å²) in [6, 6.07) is 19.6. The van der Waals surface area contributed by atoms with E-state index >= 15 is 0 Å². The van der Waals surface area contributed by atoms with Gasteiger partial charge in [0.25, 0.3) is 0 Å². The average molecular weight is 401 g/mol. The van der Waals surface area contributed by atoms with Gasteiger partial charge in [-0.05, 0) is 23.3 Å². The lowest BCUT2D eigenvalue weighted by Gasteiger charge is -2.35. The Labute approximate surface area is 172 Å². The molecular weight excluding hydrogens is 372 g/mol. The van der Waals surface area contributed by atoms with Crippen molar-refractivity contribution in [2.75, 3.05) is 45.9 Å². The lowest BCUT2D eigenvalue weighted by atomic mass is 9.94. The fourth-order valence-corrected chi connectivity index (χ4v) is 4.30. The van der Waals surface area contributed by atoms with Gasteiger partial charge in [0.15, 0.2) is 0 Å². The Hall–Kier alpha value is -1.47. The van der Waals surface area contributed by atoms with Crippen LogP contribution in [-0.2, 0) is 4.74 Å². The van der Waals surface area contributed by atoms with Crippen LogP contribution in [0.25, 0.3) is 0 Å². The highest BCUT2D eigenvalue weighted by molar-refractivity contribution is 6.30. The van der Waals surface area contributed by atoms with Crippen LogP contribution < -0.4 is 16.2 Å². The van der Waals surface area contributed by atoms with Crippen molar-refractivity contribution < 1.29 is 4.74 Å². The number of halogens is 1. The Kier molecular flexibility index (Phi) is 6.96. The van der Waals surface area contributed by atoms with Gasteiger partial charge in [-0.2, -0.15) is 0 Å². The lowest BCUT2D eigenvalue weighted by molar-refractivity contribution is 0.0160. The first-order chi connectivity index (χ1) is 13.8. The minimum atomic E-state index is 0.332. The van der Waals surface area contributed by atoms with E-state index in [9.17, 15) is 0 Å². The molecule has 150 valence electrons. The number of hydrazine groups is 1. The highest BCUT2D eigenvalue weighted by Crippen LogP contribution is 2.26. The Bertz CT molecular complexity index is 721. The summed E-state index contributed by atoms with van der Waals surface area (Å²) in [4.78, 5) is 2.51. The molecule has 3 atom stereocenters. The molecule has 2 aromatic carbocycles. The van der Waals surface area contributed by atoms with Gasteiger partial charge < -0.3 is 10.1 Å². The van der Waals surface area contributed by atoms with E-state index in [4.69, 9.17) is 16.3 Å². The molecule has 2 fully saturated rings. The fourth-order valence-electron chi connectivity index (χ4n) is 4.18. The van der Waals surface area contributed by atoms with E-state index in [-0.39, 0.29) is 0 Å². The molecule has 0 amide bonds. The zero-order valence-electron chi connectivity index (χ0n) is 16.1. The summed E-state index contributed by atoms with van der Waals surface area (Å²) >= 11 is 6.10. The third-order valence-corrected chi connectivity index (χ3v) is 5.99. The molecule has 0 bridgehead atoms. The molecule has 5 nitrogen and oxygen atoms in total. The maximum absolute atomic E-state index is 6.10. The average Bonchev–Trinajstić information content (AvgIpc) is 3.22. The molecule has 4 rings (SSSR count). The zero-order valence-corrected chi connectivity index (χ0v) is 16.9. The van der Waals surface area contributed by atoms with Crippen LogP contribution in [0.2, 0.25) is 5.02 Å². The summed E-state index contributed by atoms with van der Waals surface area (Å²) in [5.74, 6) is 0.512.